The summed E-state index contributed by atoms with van der Waals surface area (Å²) in [6.45, 7) is 3.63. The molecule has 0 saturated carbocycles. The van der Waals surface area contributed by atoms with Crippen LogP contribution in [0.2, 0.25) is 0 Å². The molecule has 2 heterocycles. The molecule has 2 N–H and O–H groups in total. The minimum absolute atomic E-state index is 0.209. The largest absolute Gasteiger partial charge is 0.480 e. The fourth-order valence-electron chi connectivity index (χ4n) is 4.73. The zero-order valence-corrected chi connectivity index (χ0v) is 21.2. The first-order valence-electron chi connectivity index (χ1n) is 12.0. The van der Waals surface area contributed by atoms with Crippen molar-refractivity contribution in [1.82, 2.24) is 9.88 Å². The number of amides is 2. The molecule has 5 rings (SSSR count). The lowest BCUT2D eigenvalue weighted by Gasteiger charge is -2.28. The molecule has 1 aliphatic heterocycles. The molecule has 37 heavy (non-hydrogen) atoms. The quantitative estimate of drug-likeness (QED) is 0.312. The lowest BCUT2D eigenvalue weighted by atomic mass is 9.98. The molecule has 1 aromatic heterocycles. The maximum Gasteiger partial charge on any atom is 0.326 e. The molecule has 2 atom stereocenters. The summed E-state index contributed by atoms with van der Waals surface area (Å²) < 4.78 is 0. The third-order valence-electron chi connectivity index (χ3n) is 6.70. The second-order valence-corrected chi connectivity index (χ2v) is 9.79. The van der Waals surface area contributed by atoms with E-state index in [1.54, 1.807) is 36.6 Å². The first kappa shape index (κ1) is 24.4. The van der Waals surface area contributed by atoms with Crippen LogP contribution in [0.1, 0.15) is 52.6 Å². The van der Waals surface area contributed by atoms with E-state index in [1.807, 2.05) is 66.9 Å². The van der Waals surface area contributed by atoms with Gasteiger partial charge in [-0.05, 0) is 60.4 Å². The van der Waals surface area contributed by atoms with E-state index in [4.69, 9.17) is 0 Å². The molecule has 0 fully saturated rings. The van der Waals surface area contributed by atoms with Crippen LogP contribution in [0.5, 0.6) is 0 Å². The van der Waals surface area contributed by atoms with E-state index in [1.165, 1.54) is 4.90 Å². The number of nitrogens with zero attached hydrogens (tertiary/aromatic N) is 2. The third kappa shape index (κ3) is 4.63. The van der Waals surface area contributed by atoms with Gasteiger partial charge in [-0.2, -0.15) is 0 Å². The average molecular weight is 512 g/mol. The molecule has 0 saturated heterocycles. The minimum Gasteiger partial charge on any atom is -0.480 e. The summed E-state index contributed by atoms with van der Waals surface area (Å²) in [5.41, 5.74) is 5.27. The highest BCUT2D eigenvalue weighted by atomic mass is 32.1. The molecule has 4 aromatic rings. The number of anilines is 1. The number of hydrogen-bond donors (Lipinski definition) is 2. The highest BCUT2D eigenvalue weighted by Crippen LogP contribution is 2.38. The predicted molar refractivity (Wildman–Crippen MR) is 144 cm³/mol. The van der Waals surface area contributed by atoms with E-state index in [0.29, 0.717) is 23.2 Å². The molecule has 7 nitrogen and oxygen atoms in total. The second kappa shape index (κ2) is 9.99. The van der Waals surface area contributed by atoms with Crippen molar-refractivity contribution in [1.29, 1.82) is 0 Å². The standard InChI is InChI=1S/C29H25N3O4S/c1-3-25(29(35)36)32-17(2)23-13-10-21(16-24(23)28(32)34)18-8-11-22(12-9-18)31-26(33)19-4-6-20(7-5-19)27-30-14-15-37-27/h4-17,25H,3H2,1-2H3,(H,31,33)(H,35,36). The number of carboxylic acids is 1. The predicted octanol–water partition coefficient (Wildman–Crippen LogP) is 6.11. The highest BCUT2D eigenvalue weighted by Gasteiger charge is 2.40. The van der Waals surface area contributed by atoms with Crippen molar-refractivity contribution < 1.29 is 19.5 Å². The normalized spacial score (nSPS) is 15.4. The Labute approximate surface area is 218 Å². The maximum atomic E-state index is 13.1. The Morgan fingerprint density at radius 3 is 2.32 bits per heavy atom. The van der Waals surface area contributed by atoms with Gasteiger partial charge in [0.15, 0.2) is 0 Å². The summed E-state index contributed by atoms with van der Waals surface area (Å²) in [6.07, 6.45) is 2.09. The van der Waals surface area contributed by atoms with Gasteiger partial charge in [-0.25, -0.2) is 9.78 Å². The van der Waals surface area contributed by atoms with Gasteiger partial charge in [-0.3, -0.25) is 9.59 Å². The number of aromatic nitrogens is 1. The summed E-state index contributed by atoms with van der Waals surface area (Å²) in [5.74, 6) is -1.47. The lowest BCUT2D eigenvalue weighted by molar-refractivity contribution is -0.143. The number of carbonyl (C=O) groups excluding carboxylic acids is 2. The molecule has 186 valence electrons. The summed E-state index contributed by atoms with van der Waals surface area (Å²) in [5, 5.41) is 15.3. The van der Waals surface area contributed by atoms with Gasteiger partial charge in [0, 0.05) is 34.0 Å². The van der Waals surface area contributed by atoms with Crippen LogP contribution in [-0.2, 0) is 4.79 Å². The Kier molecular flexibility index (Phi) is 6.58. The Morgan fingerprint density at radius 2 is 1.70 bits per heavy atom. The van der Waals surface area contributed by atoms with E-state index in [9.17, 15) is 19.5 Å². The van der Waals surface area contributed by atoms with E-state index in [2.05, 4.69) is 10.3 Å². The van der Waals surface area contributed by atoms with Gasteiger partial charge in [0.2, 0.25) is 0 Å². The maximum absolute atomic E-state index is 13.1. The van der Waals surface area contributed by atoms with E-state index >= 15 is 0 Å². The number of hydrogen-bond acceptors (Lipinski definition) is 5. The van der Waals surface area contributed by atoms with Crippen molar-refractivity contribution in [3.63, 3.8) is 0 Å². The first-order chi connectivity index (χ1) is 17.9. The Bertz CT molecular complexity index is 1460. The van der Waals surface area contributed by atoms with Crippen molar-refractivity contribution in [2.75, 3.05) is 5.32 Å². The van der Waals surface area contributed by atoms with Crippen LogP contribution in [0.4, 0.5) is 5.69 Å². The van der Waals surface area contributed by atoms with Gasteiger partial charge in [0.05, 0.1) is 6.04 Å². The van der Waals surface area contributed by atoms with Crippen LogP contribution in [-0.4, -0.2) is 38.8 Å². The van der Waals surface area contributed by atoms with Crippen LogP contribution >= 0.6 is 11.3 Å². The zero-order chi connectivity index (χ0) is 26.1. The number of fused-ring (bicyclic) bond motifs is 1. The Balaban J connectivity index is 1.30. The van der Waals surface area contributed by atoms with Crippen LogP contribution in [0.15, 0.2) is 78.3 Å². The molecule has 3 aromatic carbocycles. The van der Waals surface area contributed by atoms with Crippen LogP contribution in [0.25, 0.3) is 21.7 Å². The SMILES string of the molecule is CCC(C(=O)O)N1C(=O)c2cc(-c3ccc(NC(=O)c4ccc(-c5nccs5)cc4)cc3)ccc2C1C. The number of carbonyl (C=O) groups is 3. The van der Waals surface area contributed by atoms with E-state index < -0.39 is 12.0 Å². The zero-order valence-electron chi connectivity index (χ0n) is 20.3. The van der Waals surface area contributed by atoms with Crippen LogP contribution in [0, 0.1) is 0 Å². The lowest BCUT2D eigenvalue weighted by Crippen LogP contribution is -2.42. The van der Waals surface area contributed by atoms with Crippen molar-refractivity contribution in [3.05, 3.63) is 95.0 Å². The minimum atomic E-state index is -0.996. The molecule has 2 unspecified atom stereocenters. The number of carboxylic acid groups (broad SMARTS) is 1. The smallest absolute Gasteiger partial charge is 0.326 e. The van der Waals surface area contributed by atoms with E-state index in [-0.39, 0.29) is 17.9 Å². The van der Waals surface area contributed by atoms with Crippen molar-refractivity contribution in [2.45, 2.75) is 32.4 Å². The highest BCUT2D eigenvalue weighted by molar-refractivity contribution is 7.13. The van der Waals surface area contributed by atoms with E-state index in [0.717, 1.165) is 27.3 Å². The van der Waals surface area contributed by atoms with Gasteiger partial charge in [-0.15, -0.1) is 11.3 Å². The number of aliphatic carboxylic acids is 1. The number of nitrogens with one attached hydrogen (secondary N) is 1. The first-order valence-corrected chi connectivity index (χ1v) is 12.9. The molecule has 0 spiro atoms. The summed E-state index contributed by atoms with van der Waals surface area (Å²) >= 11 is 1.55. The molecule has 0 aliphatic carbocycles. The number of rotatable bonds is 7. The fraction of sp³-hybridized carbons (Fsp3) is 0.172. The van der Waals surface area contributed by atoms with Crippen LogP contribution in [0.3, 0.4) is 0 Å². The molecular weight excluding hydrogens is 486 g/mol. The van der Waals surface area contributed by atoms with Gasteiger partial charge < -0.3 is 15.3 Å². The van der Waals surface area contributed by atoms with Crippen molar-refractivity contribution >= 4 is 34.8 Å². The fourth-order valence-corrected chi connectivity index (χ4v) is 5.38. The van der Waals surface area contributed by atoms with Gasteiger partial charge in [-0.1, -0.05) is 43.3 Å². The summed E-state index contributed by atoms with van der Waals surface area (Å²) in [4.78, 5) is 43.2. The Morgan fingerprint density at radius 1 is 1.03 bits per heavy atom. The van der Waals surface area contributed by atoms with Gasteiger partial charge >= 0.3 is 5.97 Å². The molecule has 0 bridgehead atoms. The molecule has 1 aliphatic rings. The second-order valence-electron chi connectivity index (χ2n) is 8.90. The molecule has 0 radical (unpaired) electrons. The third-order valence-corrected chi connectivity index (χ3v) is 7.52. The monoisotopic (exact) mass is 511 g/mol. The summed E-state index contributed by atoms with van der Waals surface area (Å²) in [6, 6.07) is 19.2. The van der Waals surface area contributed by atoms with Crippen LogP contribution < -0.4 is 5.32 Å². The summed E-state index contributed by atoms with van der Waals surface area (Å²) in [7, 11) is 0. The number of thiazole rings is 1. The topological polar surface area (TPSA) is 99.6 Å². The Hall–Kier alpha value is -4.30. The molecular formula is C29H25N3O4S. The van der Waals surface area contributed by atoms with Gasteiger partial charge in [0.25, 0.3) is 11.8 Å². The molecule has 2 amide bonds. The van der Waals surface area contributed by atoms with Crippen molar-refractivity contribution in [2.24, 2.45) is 0 Å². The van der Waals surface area contributed by atoms with Crippen molar-refractivity contribution in [3.8, 4) is 21.7 Å². The average Bonchev–Trinajstić information content (AvgIpc) is 3.53. The van der Waals surface area contributed by atoms with Gasteiger partial charge in [0.1, 0.15) is 11.0 Å². The number of benzene rings is 3. The molecule has 8 heteroatoms.